The molecule has 0 unspecified atom stereocenters. The average Bonchev–Trinajstić information content (AvgIpc) is 2.42. The highest BCUT2D eigenvalue weighted by atomic mass is 16.6. The van der Waals surface area contributed by atoms with Gasteiger partial charge in [0.05, 0.1) is 13.0 Å². The lowest BCUT2D eigenvalue weighted by atomic mass is 9.97. The SMILES string of the molecule is Cc1ccccc1CC(=O)N1CCC(CON)CC1. The minimum atomic E-state index is 0.224. The average molecular weight is 262 g/mol. The molecule has 0 atom stereocenters. The van der Waals surface area contributed by atoms with E-state index in [-0.39, 0.29) is 5.91 Å². The van der Waals surface area contributed by atoms with E-state index >= 15 is 0 Å². The van der Waals surface area contributed by atoms with Crippen molar-refractivity contribution in [1.82, 2.24) is 4.90 Å². The first kappa shape index (κ1) is 14.0. The van der Waals surface area contributed by atoms with Gasteiger partial charge in [-0.3, -0.25) is 4.79 Å². The molecule has 19 heavy (non-hydrogen) atoms. The van der Waals surface area contributed by atoms with E-state index in [4.69, 9.17) is 5.90 Å². The lowest BCUT2D eigenvalue weighted by Gasteiger charge is -2.31. The minimum Gasteiger partial charge on any atom is -0.342 e. The quantitative estimate of drug-likeness (QED) is 0.840. The highest BCUT2D eigenvalue weighted by Crippen LogP contribution is 2.18. The first-order valence-electron chi connectivity index (χ1n) is 6.84. The van der Waals surface area contributed by atoms with E-state index in [9.17, 15) is 4.79 Å². The zero-order valence-electron chi connectivity index (χ0n) is 11.5. The van der Waals surface area contributed by atoms with E-state index in [1.807, 2.05) is 36.1 Å². The summed E-state index contributed by atoms with van der Waals surface area (Å²) >= 11 is 0. The Bertz CT molecular complexity index is 426. The van der Waals surface area contributed by atoms with E-state index in [0.717, 1.165) is 31.5 Å². The molecule has 1 aliphatic rings. The highest BCUT2D eigenvalue weighted by molar-refractivity contribution is 5.79. The number of nitrogens with zero attached hydrogens (tertiary/aromatic N) is 1. The first-order valence-corrected chi connectivity index (χ1v) is 6.84. The number of carbonyl (C=O) groups excluding carboxylic acids is 1. The molecule has 1 saturated heterocycles. The summed E-state index contributed by atoms with van der Waals surface area (Å²) in [6, 6.07) is 8.07. The van der Waals surface area contributed by atoms with Gasteiger partial charge in [-0.25, -0.2) is 5.90 Å². The molecule has 1 aliphatic heterocycles. The van der Waals surface area contributed by atoms with Crippen LogP contribution in [0.1, 0.15) is 24.0 Å². The second-order valence-corrected chi connectivity index (χ2v) is 5.26. The molecule has 1 fully saturated rings. The lowest BCUT2D eigenvalue weighted by molar-refractivity contribution is -0.132. The highest BCUT2D eigenvalue weighted by Gasteiger charge is 2.22. The summed E-state index contributed by atoms with van der Waals surface area (Å²) in [7, 11) is 0. The molecule has 1 amide bonds. The van der Waals surface area contributed by atoms with Crippen molar-refractivity contribution in [1.29, 1.82) is 0 Å². The molecule has 2 rings (SSSR count). The third-order valence-corrected chi connectivity index (χ3v) is 3.90. The van der Waals surface area contributed by atoms with E-state index in [2.05, 4.69) is 4.84 Å². The molecule has 1 heterocycles. The summed E-state index contributed by atoms with van der Waals surface area (Å²) < 4.78 is 0. The third-order valence-electron chi connectivity index (χ3n) is 3.90. The number of rotatable bonds is 4. The van der Waals surface area contributed by atoms with Gasteiger partial charge in [0.25, 0.3) is 0 Å². The molecule has 0 spiro atoms. The van der Waals surface area contributed by atoms with Gasteiger partial charge < -0.3 is 9.74 Å². The Labute approximate surface area is 114 Å². The predicted octanol–water partition coefficient (Wildman–Crippen LogP) is 1.67. The van der Waals surface area contributed by atoms with Crippen molar-refractivity contribution in [2.75, 3.05) is 19.7 Å². The summed E-state index contributed by atoms with van der Waals surface area (Å²) in [5, 5.41) is 0. The number of carbonyl (C=O) groups is 1. The van der Waals surface area contributed by atoms with Crippen LogP contribution in [0.25, 0.3) is 0 Å². The molecule has 0 aliphatic carbocycles. The van der Waals surface area contributed by atoms with E-state index in [1.54, 1.807) is 0 Å². The monoisotopic (exact) mass is 262 g/mol. The number of hydrogen-bond donors (Lipinski definition) is 1. The van der Waals surface area contributed by atoms with Crippen molar-refractivity contribution in [3.63, 3.8) is 0 Å². The maximum absolute atomic E-state index is 12.3. The number of hydrogen-bond acceptors (Lipinski definition) is 3. The Morgan fingerprint density at radius 3 is 2.68 bits per heavy atom. The second kappa shape index (κ2) is 6.68. The van der Waals surface area contributed by atoms with Crippen LogP contribution < -0.4 is 5.90 Å². The maximum atomic E-state index is 12.3. The van der Waals surface area contributed by atoms with Gasteiger partial charge in [-0.05, 0) is 36.8 Å². The molecule has 0 bridgehead atoms. The van der Waals surface area contributed by atoms with Crippen LogP contribution in [0.3, 0.4) is 0 Å². The number of piperidine rings is 1. The van der Waals surface area contributed by atoms with Gasteiger partial charge in [0, 0.05) is 13.1 Å². The predicted molar refractivity (Wildman–Crippen MR) is 74.3 cm³/mol. The van der Waals surface area contributed by atoms with Crippen LogP contribution in [0.4, 0.5) is 0 Å². The Balaban J connectivity index is 1.87. The fourth-order valence-electron chi connectivity index (χ4n) is 2.57. The molecular weight excluding hydrogens is 240 g/mol. The van der Waals surface area contributed by atoms with Crippen molar-refractivity contribution in [2.45, 2.75) is 26.2 Å². The number of benzene rings is 1. The summed E-state index contributed by atoms with van der Waals surface area (Å²) in [5.74, 6) is 5.81. The molecule has 0 aromatic heterocycles. The first-order chi connectivity index (χ1) is 9.20. The number of likely N-dealkylation sites (tertiary alicyclic amines) is 1. The molecule has 1 aromatic rings. The Hall–Kier alpha value is -1.39. The third kappa shape index (κ3) is 3.78. The molecule has 4 nitrogen and oxygen atoms in total. The molecule has 0 saturated carbocycles. The number of nitrogens with two attached hydrogens (primary N) is 1. The minimum absolute atomic E-state index is 0.224. The molecule has 0 radical (unpaired) electrons. The van der Waals surface area contributed by atoms with Crippen LogP contribution in [0.2, 0.25) is 0 Å². The molecule has 2 N–H and O–H groups in total. The van der Waals surface area contributed by atoms with Crippen molar-refractivity contribution in [3.8, 4) is 0 Å². The summed E-state index contributed by atoms with van der Waals surface area (Å²) in [4.78, 5) is 18.9. The zero-order chi connectivity index (χ0) is 13.7. The van der Waals surface area contributed by atoms with Crippen molar-refractivity contribution in [3.05, 3.63) is 35.4 Å². The fraction of sp³-hybridized carbons (Fsp3) is 0.533. The largest absolute Gasteiger partial charge is 0.342 e. The van der Waals surface area contributed by atoms with Crippen LogP contribution in [0, 0.1) is 12.8 Å². The normalized spacial score (nSPS) is 16.6. The molecular formula is C15H22N2O2. The smallest absolute Gasteiger partial charge is 0.226 e. The van der Waals surface area contributed by atoms with Gasteiger partial charge in [0.15, 0.2) is 0 Å². The Morgan fingerprint density at radius 1 is 1.37 bits per heavy atom. The topological polar surface area (TPSA) is 55.6 Å². The van der Waals surface area contributed by atoms with E-state index < -0.39 is 0 Å². The molecule has 4 heteroatoms. The van der Waals surface area contributed by atoms with E-state index in [1.165, 1.54) is 5.56 Å². The van der Waals surface area contributed by atoms with Gasteiger partial charge >= 0.3 is 0 Å². The summed E-state index contributed by atoms with van der Waals surface area (Å²) in [6.45, 7) is 4.28. The lowest BCUT2D eigenvalue weighted by Crippen LogP contribution is -2.40. The van der Waals surface area contributed by atoms with Crippen LogP contribution in [-0.2, 0) is 16.1 Å². The number of aryl methyl sites for hydroxylation is 1. The maximum Gasteiger partial charge on any atom is 0.226 e. The molecule has 1 aromatic carbocycles. The Morgan fingerprint density at radius 2 is 2.05 bits per heavy atom. The molecule has 104 valence electrons. The van der Waals surface area contributed by atoms with Gasteiger partial charge in [-0.15, -0.1) is 0 Å². The van der Waals surface area contributed by atoms with Crippen LogP contribution in [0.15, 0.2) is 24.3 Å². The van der Waals surface area contributed by atoms with Crippen LogP contribution in [0.5, 0.6) is 0 Å². The van der Waals surface area contributed by atoms with Gasteiger partial charge in [-0.1, -0.05) is 24.3 Å². The zero-order valence-corrected chi connectivity index (χ0v) is 11.5. The fourth-order valence-corrected chi connectivity index (χ4v) is 2.57. The summed E-state index contributed by atoms with van der Waals surface area (Å²) in [6.07, 6.45) is 2.47. The van der Waals surface area contributed by atoms with Crippen molar-refractivity contribution in [2.24, 2.45) is 11.8 Å². The van der Waals surface area contributed by atoms with Gasteiger partial charge in [-0.2, -0.15) is 0 Å². The van der Waals surface area contributed by atoms with Crippen molar-refractivity contribution >= 4 is 5.91 Å². The number of amides is 1. The Kier molecular flexibility index (Phi) is 4.93. The summed E-state index contributed by atoms with van der Waals surface area (Å²) in [5.41, 5.74) is 2.31. The second-order valence-electron chi connectivity index (χ2n) is 5.26. The van der Waals surface area contributed by atoms with Gasteiger partial charge in [0.1, 0.15) is 0 Å². The van der Waals surface area contributed by atoms with Crippen LogP contribution >= 0.6 is 0 Å². The van der Waals surface area contributed by atoms with Gasteiger partial charge in [0.2, 0.25) is 5.91 Å². The standard InChI is InChI=1S/C15H22N2O2/c1-12-4-2-3-5-14(12)10-15(18)17-8-6-13(7-9-17)11-19-16/h2-5,13H,6-11,16H2,1H3. The van der Waals surface area contributed by atoms with E-state index in [0.29, 0.717) is 18.9 Å². The van der Waals surface area contributed by atoms with Crippen LogP contribution in [-0.4, -0.2) is 30.5 Å². The van der Waals surface area contributed by atoms with Crippen molar-refractivity contribution < 1.29 is 9.63 Å².